The third-order valence-corrected chi connectivity index (χ3v) is 3.31. The van der Waals surface area contributed by atoms with Crippen LogP contribution in [0.1, 0.15) is 37.3 Å². The van der Waals surface area contributed by atoms with Gasteiger partial charge in [-0.3, -0.25) is 0 Å². The van der Waals surface area contributed by atoms with Crippen molar-refractivity contribution in [2.45, 2.75) is 38.8 Å². The first-order chi connectivity index (χ1) is 8.81. The number of benzene rings is 1. The van der Waals surface area contributed by atoms with Gasteiger partial charge in [0.2, 0.25) is 0 Å². The molecule has 18 heavy (non-hydrogen) atoms. The van der Waals surface area contributed by atoms with E-state index in [2.05, 4.69) is 42.6 Å². The molecule has 0 heterocycles. The van der Waals surface area contributed by atoms with Crippen LogP contribution in [0.4, 0.5) is 0 Å². The molecule has 0 unspecified atom stereocenters. The molecule has 0 spiro atoms. The van der Waals surface area contributed by atoms with Crippen LogP contribution in [0.2, 0.25) is 0 Å². The third-order valence-electron chi connectivity index (χ3n) is 3.31. The number of hydrogen-bond donors (Lipinski definition) is 1. The van der Waals surface area contributed by atoms with E-state index < -0.39 is 0 Å². The van der Waals surface area contributed by atoms with Crippen molar-refractivity contribution in [3.05, 3.63) is 41.0 Å². The molecular formula is C16H23NO. The SMILES string of the molecule is CCC(=Cc1ccc(COC)cc1)CNC1CC1. The summed E-state index contributed by atoms with van der Waals surface area (Å²) in [4.78, 5) is 0. The molecule has 98 valence electrons. The number of rotatable bonds is 7. The molecule has 1 fully saturated rings. The van der Waals surface area contributed by atoms with Gasteiger partial charge in [0, 0.05) is 19.7 Å². The zero-order valence-electron chi connectivity index (χ0n) is 11.4. The Bertz CT molecular complexity index is 390. The molecule has 0 atom stereocenters. The van der Waals surface area contributed by atoms with Gasteiger partial charge >= 0.3 is 0 Å². The van der Waals surface area contributed by atoms with E-state index in [0.29, 0.717) is 6.61 Å². The van der Waals surface area contributed by atoms with Crippen molar-refractivity contribution in [1.29, 1.82) is 0 Å². The molecule has 0 radical (unpaired) electrons. The monoisotopic (exact) mass is 245 g/mol. The lowest BCUT2D eigenvalue weighted by molar-refractivity contribution is 0.185. The van der Waals surface area contributed by atoms with Crippen LogP contribution in [0.25, 0.3) is 6.08 Å². The Morgan fingerprint density at radius 3 is 2.61 bits per heavy atom. The number of nitrogens with one attached hydrogen (secondary N) is 1. The molecule has 0 aliphatic heterocycles. The van der Waals surface area contributed by atoms with Crippen molar-refractivity contribution in [1.82, 2.24) is 5.32 Å². The fourth-order valence-electron chi connectivity index (χ4n) is 1.95. The van der Waals surface area contributed by atoms with E-state index in [1.165, 1.54) is 29.5 Å². The fraction of sp³-hybridized carbons (Fsp3) is 0.500. The summed E-state index contributed by atoms with van der Waals surface area (Å²) in [6.07, 6.45) is 6.11. The normalized spacial score (nSPS) is 16.0. The molecular weight excluding hydrogens is 222 g/mol. The molecule has 1 aliphatic carbocycles. The molecule has 1 aromatic rings. The Morgan fingerprint density at radius 1 is 1.33 bits per heavy atom. The van der Waals surface area contributed by atoms with Crippen molar-refractivity contribution in [2.75, 3.05) is 13.7 Å². The zero-order chi connectivity index (χ0) is 12.8. The quantitative estimate of drug-likeness (QED) is 0.795. The van der Waals surface area contributed by atoms with E-state index in [-0.39, 0.29) is 0 Å². The Morgan fingerprint density at radius 2 is 2.06 bits per heavy atom. The molecule has 1 saturated carbocycles. The molecule has 2 heteroatoms. The minimum Gasteiger partial charge on any atom is -0.380 e. The van der Waals surface area contributed by atoms with Crippen LogP contribution in [-0.2, 0) is 11.3 Å². The minimum absolute atomic E-state index is 0.688. The summed E-state index contributed by atoms with van der Waals surface area (Å²) < 4.78 is 5.12. The highest BCUT2D eigenvalue weighted by atomic mass is 16.5. The largest absolute Gasteiger partial charge is 0.380 e. The van der Waals surface area contributed by atoms with Crippen LogP contribution in [0, 0.1) is 0 Å². The van der Waals surface area contributed by atoms with Crippen molar-refractivity contribution < 1.29 is 4.74 Å². The lowest BCUT2D eigenvalue weighted by Crippen LogP contribution is -2.18. The predicted octanol–water partition coefficient (Wildman–Crippen LogP) is 3.38. The number of ether oxygens (including phenoxy) is 1. The summed E-state index contributed by atoms with van der Waals surface area (Å²) in [7, 11) is 1.73. The van der Waals surface area contributed by atoms with E-state index in [1.54, 1.807) is 7.11 Å². The van der Waals surface area contributed by atoms with Crippen molar-refractivity contribution >= 4 is 6.08 Å². The average molecular weight is 245 g/mol. The summed E-state index contributed by atoms with van der Waals surface area (Å²) in [6.45, 7) is 3.94. The van der Waals surface area contributed by atoms with Gasteiger partial charge in [-0.05, 0) is 30.4 Å². The summed E-state index contributed by atoms with van der Waals surface area (Å²) >= 11 is 0. The van der Waals surface area contributed by atoms with Crippen LogP contribution in [0.3, 0.4) is 0 Å². The molecule has 2 rings (SSSR count). The van der Waals surface area contributed by atoms with E-state index >= 15 is 0 Å². The standard InChI is InChI=1S/C16H23NO/c1-3-13(11-17-16-8-9-16)10-14-4-6-15(7-5-14)12-18-2/h4-7,10,16-17H,3,8-9,11-12H2,1-2H3. The zero-order valence-corrected chi connectivity index (χ0v) is 11.4. The van der Waals surface area contributed by atoms with Gasteiger partial charge in [-0.2, -0.15) is 0 Å². The van der Waals surface area contributed by atoms with Crippen LogP contribution in [0.15, 0.2) is 29.8 Å². The summed E-state index contributed by atoms with van der Waals surface area (Å²) in [5.74, 6) is 0. The van der Waals surface area contributed by atoms with Gasteiger partial charge in [-0.15, -0.1) is 0 Å². The van der Waals surface area contributed by atoms with E-state index in [4.69, 9.17) is 4.74 Å². The minimum atomic E-state index is 0.688. The molecule has 2 nitrogen and oxygen atoms in total. The van der Waals surface area contributed by atoms with Crippen molar-refractivity contribution in [3.63, 3.8) is 0 Å². The second-order valence-electron chi connectivity index (χ2n) is 4.99. The fourth-order valence-corrected chi connectivity index (χ4v) is 1.95. The van der Waals surface area contributed by atoms with Crippen molar-refractivity contribution in [3.8, 4) is 0 Å². The van der Waals surface area contributed by atoms with Gasteiger partial charge in [0.05, 0.1) is 6.61 Å². The van der Waals surface area contributed by atoms with E-state index in [9.17, 15) is 0 Å². The third kappa shape index (κ3) is 4.28. The summed E-state index contributed by atoms with van der Waals surface area (Å²) in [5.41, 5.74) is 3.98. The highest BCUT2D eigenvalue weighted by Crippen LogP contribution is 2.19. The first-order valence-electron chi connectivity index (χ1n) is 6.82. The Balaban J connectivity index is 1.94. The Hall–Kier alpha value is -1.12. The molecule has 0 aromatic heterocycles. The van der Waals surface area contributed by atoms with E-state index in [0.717, 1.165) is 19.0 Å². The van der Waals surface area contributed by atoms with Gasteiger partial charge in [0.1, 0.15) is 0 Å². The summed E-state index contributed by atoms with van der Waals surface area (Å²) in [6, 6.07) is 9.39. The van der Waals surface area contributed by atoms with Gasteiger partial charge in [-0.25, -0.2) is 0 Å². The average Bonchev–Trinajstić information content (AvgIpc) is 3.21. The van der Waals surface area contributed by atoms with Crippen LogP contribution in [-0.4, -0.2) is 19.7 Å². The topological polar surface area (TPSA) is 21.3 Å². The van der Waals surface area contributed by atoms with Gasteiger partial charge < -0.3 is 10.1 Å². The first kappa shape index (κ1) is 13.3. The molecule has 1 N–H and O–H groups in total. The van der Waals surface area contributed by atoms with E-state index in [1.807, 2.05) is 0 Å². The molecule has 1 aliphatic rings. The highest BCUT2D eigenvalue weighted by molar-refractivity contribution is 5.53. The maximum absolute atomic E-state index is 5.12. The predicted molar refractivity (Wildman–Crippen MR) is 76.4 cm³/mol. The Labute approximate surface area is 110 Å². The number of methoxy groups -OCH3 is 1. The van der Waals surface area contributed by atoms with Gasteiger partial charge in [-0.1, -0.05) is 42.8 Å². The van der Waals surface area contributed by atoms with Crippen LogP contribution >= 0.6 is 0 Å². The maximum atomic E-state index is 5.12. The second kappa shape index (κ2) is 6.72. The van der Waals surface area contributed by atoms with Crippen LogP contribution < -0.4 is 5.32 Å². The molecule has 1 aromatic carbocycles. The second-order valence-corrected chi connectivity index (χ2v) is 4.99. The van der Waals surface area contributed by atoms with Gasteiger partial charge in [0.15, 0.2) is 0 Å². The lowest BCUT2D eigenvalue weighted by Gasteiger charge is -2.07. The smallest absolute Gasteiger partial charge is 0.0713 e. The first-order valence-corrected chi connectivity index (χ1v) is 6.82. The molecule has 0 saturated heterocycles. The molecule has 0 bridgehead atoms. The van der Waals surface area contributed by atoms with Crippen LogP contribution in [0.5, 0.6) is 0 Å². The summed E-state index contributed by atoms with van der Waals surface area (Å²) in [5, 5.41) is 3.57. The van der Waals surface area contributed by atoms with Crippen molar-refractivity contribution in [2.24, 2.45) is 0 Å². The molecule has 0 amide bonds. The Kier molecular flexibility index (Phi) is 4.97. The maximum Gasteiger partial charge on any atom is 0.0713 e. The highest BCUT2D eigenvalue weighted by Gasteiger charge is 2.19. The van der Waals surface area contributed by atoms with Gasteiger partial charge in [0.25, 0.3) is 0 Å². The number of hydrogen-bond acceptors (Lipinski definition) is 2. The lowest BCUT2D eigenvalue weighted by atomic mass is 10.1.